The van der Waals surface area contributed by atoms with E-state index in [0.717, 1.165) is 5.56 Å². The molecule has 0 spiro atoms. The molecule has 1 aromatic carbocycles. The second-order valence-electron chi connectivity index (χ2n) is 7.17. The topological polar surface area (TPSA) is 76.7 Å². The van der Waals surface area contributed by atoms with Crippen LogP contribution in [-0.4, -0.2) is 43.0 Å². The second-order valence-corrected chi connectivity index (χ2v) is 7.17. The Kier molecular flexibility index (Phi) is 5.96. The third-order valence-corrected chi connectivity index (χ3v) is 4.73. The number of hydrogen-bond donors (Lipinski definition) is 2. The van der Waals surface area contributed by atoms with Crippen LogP contribution in [0, 0.1) is 11.8 Å². The molecular formula is C19H26N2O4. The number of Topliss-reactive ketones (excluding diaryl/α,β-unsaturated/α-hetero) is 2. The van der Waals surface area contributed by atoms with Crippen LogP contribution in [0.5, 0.6) is 0 Å². The number of carbonyl (C=O) groups excluding carboxylic acids is 2. The highest BCUT2D eigenvalue weighted by Crippen LogP contribution is 2.25. The summed E-state index contributed by atoms with van der Waals surface area (Å²) < 4.78 is 11.6. The van der Waals surface area contributed by atoms with E-state index in [-0.39, 0.29) is 24.1 Å². The van der Waals surface area contributed by atoms with Gasteiger partial charge in [0.15, 0.2) is 11.6 Å². The zero-order valence-electron chi connectivity index (χ0n) is 14.7. The van der Waals surface area contributed by atoms with Gasteiger partial charge in [-0.3, -0.25) is 15.0 Å². The Morgan fingerprint density at radius 2 is 2.08 bits per heavy atom. The normalized spacial score (nSPS) is 27.3. The van der Waals surface area contributed by atoms with Crippen LogP contribution in [-0.2, 0) is 25.7 Å². The average Bonchev–Trinajstić information content (AvgIpc) is 3.00. The van der Waals surface area contributed by atoms with Crippen molar-refractivity contribution in [3.63, 3.8) is 0 Å². The maximum Gasteiger partial charge on any atom is 0.179 e. The van der Waals surface area contributed by atoms with Gasteiger partial charge in [0.2, 0.25) is 0 Å². The summed E-state index contributed by atoms with van der Waals surface area (Å²) in [5.74, 6) is -0.0394. The Morgan fingerprint density at radius 3 is 2.80 bits per heavy atom. The highest BCUT2D eigenvalue weighted by atomic mass is 16.5. The van der Waals surface area contributed by atoms with Gasteiger partial charge in [-0.25, -0.2) is 5.43 Å². The molecular weight excluding hydrogens is 320 g/mol. The van der Waals surface area contributed by atoms with E-state index in [0.29, 0.717) is 25.5 Å². The molecule has 1 aromatic rings. The maximum atomic E-state index is 13.1. The fourth-order valence-corrected chi connectivity index (χ4v) is 3.42. The van der Waals surface area contributed by atoms with Crippen molar-refractivity contribution in [1.82, 2.24) is 10.9 Å². The van der Waals surface area contributed by atoms with Crippen LogP contribution >= 0.6 is 0 Å². The molecule has 2 saturated heterocycles. The molecule has 136 valence electrons. The number of carbonyl (C=O) groups is 2. The molecule has 3 unspecified atom stereocenters. The Labute approximate surface area is 148 Å². The minimum atomic E-state index is -0.495. The second kappa shape index (κ2) is 8.19. The molecule has 0 saturated carbocycles. The zero-order chi connectivity index (χ0) is 17.8. The third kappa shape index (κ3) is 4.33. The molecule has 0 aliphatic carbocycles. The largest absolute Gasteiger partial charge is 0.367 e. The van der Waals surface area contributed by atoms with E-state index in [9.17, 15) is 9.59 Å². The van der Waals surface area contributed by atoms with Crippen LogP contribution in [0.1, 0.15) is 25.8 Å². The summed E-state index contributed by atoms with van der Waals surface area (Å²) in [4.78, 5) is 25.0. The number of benzene rings is 1. The zero-order valence-corrected chi connectivity index (χ0v) is 14.7. The van der Waals surface area contributed by atoms with Crippen LogP contribution in [0.2, 0.25) is 0 Å². The lowest BCUT2D eigenvalue weighted by atomic mass is 9.86. The average molecular weight is 346 g/mol. The monoisotopic (exact) mass is 346 g/mol. The highest BCUT2D eigenvalue weighted by molar-refractivity contribution is 5.91. The molecule has 0 radical (unpaired) electrons. The first kappa shape index (κ1) is 18.2. The van der Waals surface area contributed by atoms with Crippen LogP contribution in [0.15, 0.2) is 30.3 Å². The number of rotatable bonds is 7. The number of ketones is 2. The van der Waals surface area contributed by atoms with E-state index in [1.807, 2.05) is 30.3 Å². The van der Waals surface area contributed by atoms with Gasteiger partial charge in [-0.2, -0.15) is 0 Å². The number of ether oxygens (including phenoxy) is 2. The summed E-state index contributed by atoms with van der Waals surface area (Å²) in [6.07, 6.45) is -0.248. The number of hydrogen-bond acceptors (Lipinski definition) is 6. The van der Waals surface area contributed by atoms with Gasteiger partial charge in [-0.1, -0.05) is 44.2 Å². The molecule has 0 bridgehead atoms. The van der Waals surface area contributed by atoms with Gasteiger partial charge in [0.25, 0.3) is 0 Å². The fraction of sp³-hybridized carbons (Fsp3) is 0.579. The lowest BCUT2D eigenvalue weighted by Crippen LogP contribution is -2.61. The van der Waals surface area contributed by atoms with E-state index < -0.39 is 18.2 Å². The van der Waals surface area contributed by atoms with E-state index in [4.69, 9.17) is 9.47 Å². The van der Waals surface area contributed by atoms with Crippen molar-refractivity contribution in [2.24, 2.45) is 11.8 Å². The Bertz CT molecular complexity index is 605. The molecule has 4 atom stereocenters. The van der Waals surface area contributed by atoms with Crippen LogP contribution in [0.4, 0.5) is 0 Å². The molecule has 6 nitrogen and oxygen atoms in total. The Morgan fingerprint density at radius 1 is 1.32 bits per heavy atom. The quantitative estimate of drug-likeness (QED) is 0.774. The van der Waals surface area contributed by atoms with Crippen molar-refractivity contribution in [2.75, 3.05) is 13.2 Å². The van der Waals surface area contributed by atoms with Gasteiger partial charge in [-0.15, -0.1) is 0 Å². The van der Waals surface area contributed by atoms with E-state index in [1.54, 1.807) is 0 Å². The van der Waals surface area contributed by atoms with E-state index >= 15 is 0 Å². The summed E-state index contributed by atoms with van der Waals surface area (Å²) in [5, 5.41) is 0. The van der Waals surface area contributed by atoms with Crippen molar-refractivity contribution in [3.8, 4) is 0 Å². The maximum absolute atomic E-state index is 13.1. The minimum Gasteiger partial charge on any atom is -0.367 e. The molecule has 2 aliphatic rings. The highest BCUT2D eigenvalue weighted by Gasteiger charge is 2.47. The van der Waals surface area contributed by atoms with Crippen LogP contribution in [0.3, 0.4) is 0 Å². The molecule has 2 fully saturated rings. The molecule has 0 aromatic heterocycles. The first-order valence-electron chi connectivity index (χ1n) is 8.88. The number of nitrogens with one attached hydrogen (secondary N) is 2. The van der Waals surface area contributed by atoms with Crippen molar-refractivity contribution >= 4 is 11.6 Å². The SMILES string of the molecule is CC(C)C[C@H](OCc1ccccc1)C(=O)C1CNNC2C(=O)COC12. The molecule has 2 heterocycles. The van der Waals surface area contributed by atoms with Crippen molar-refractivity contribution < 1.29 is 19.1 Å². The first-order valence-corrected chi connectivity index (χ1v) is 8.88. The smallest absolute Gasteiger partial charge is 0.179 e. The molecule has 2 N–H and O–H groups in total. The molecule has 0 amide bonds. The van der Waals surface area contributed by atoms with E-state index in [2.05, 4.69) is 24.7 Å². The molecule has 6 heteroatoms. The van der Waals surface area contributed by atoms with Crippen LogP contribution < -0.4 is 10.9 Å². The minimum absolute atomic E-state index is 0.0133. The standard InChI is InChI=1S/C19H26N2O4/c1-12(2)8-16(24-10-13-6-4-3-5-7-13)18(23)14-9-20-21-17-15(22)11-25-19(14)17/h3-7,12,14,16-17,19-21H,8-11H2,1-2H3/t14?,16-,17?,19?/m0/s1. The predicted molar refractivity (Wildman–Crippen MR) is 92.6 cm³/mol. The lowest BCUT2D eigenvalue weighted by Gasteiger charge is -2.34. The van der Waals surface area contributed by atoms with Crippen molar-refractivity contribution in [3.05, 3.63) is 35.9 Å². The Balaban J connectivity index is 1.69. The van der Waals surface area contributed by atoms with Gasteiger partial charge >= 0.3 is 0 Å². The van der Waals surface area contributed by atoms with Crippen LogP contribution in [0.25, 0.3) is 0 Å². The van der Waals surface area contributed by atoms with Crippen molar-refractivity contribution in [2.45, 2.75) is 45.1 Å². The van der Waals surface area contributed by atoms with Gasteiger partial charge in [0.1, 0.15) is 18.8 Å². The summed E-state index contributed by atoms with van der Waals surface area (Å²) in [5.41, 5.74) is 6.95. The fourth-order valence-electron chi connectivity index (χ4n) is 3.42. The predicted octanol–water partition coefficient (Wildman–Crippen LogP) is 1.25. The number of fused-ring (bicyclic) bond motifs is 1. The summed E-state index contributed by atoms with van der Waals surface area (Å²) in [6.45, 7) is 5.05. The lowest BCUT2D eigenvalue weighted by molar-refractivity contribution is -0.142. The van der Waals surface area contributed by atoms with Gasteiger partial charge in [0.05, 0.1) is 18.6 Å². The Hall–Kier alpha value is -1.60. The van der Waals surface area contributed by atoms with Gasteiger partial charge in [0, 0.05) is 6.54 Å². The van der Waals surface area contributed by atoms with Gasteiger partial charge in [-0.05, 0) is 17.9 Å². The van der Waals surface area contributed by atoms with E-state index in [1.165, 1.54) is 0 Å². The third-order valence-electron chi connectivity index (χ3n) is 4.73. The molecule has 25 heavy (non-hydrogen) atoms. The molecule has 3 rings (SSSR count). The summed E-state index contributed by atoms with van der Waals surface area (Å²) in [6, 6.07) is 9.39. The molecule has 2 aliphatic heterocycles. The number of hydrazine groups is 1. The van der Waals surface area contributed by atoms with Gasteiger partial charge < -0.3 is 9.47 Å². The van der Waals surface area contributed by atoms with Crippen molar-refractivity contribution in [1.29, 1.82) is 0 Å². The summed E-state index contributed by atoms with van der Waals surface area (Å²) >= 11 is 0. The summed E-state index contributed by atoms with van der Waals surface area (Å²) in [7, 11) is 0. The first-order chi connectivity index (χ1) is 12.1.